The highest BCUT2D eigenvalue weighted by molar-refractivity contribution is 7.90. The van der Waals surface area contributed by atoms with Crippen LogP contribution in [0.1, 0.15) is 58.1 Å². The maximum atomic E-state index is 13.8. The number of hydrogen-bond donors (Lipinski definition) is 0. The number of halogens is 3. The second-order valence-corrected chi connectivity index (χ2v) is 13.8. The van der Waals surface area contributed by atoms with Crippen molar-refractivity contribution in [1.29, 1.82) is 5.26 Å². The van der Waals surface area contributed by atoms with E-state index in [0.29, 0.717) is 39.4 Å². The minimum absolute atomic E-state index is 0. The average Bonchev–Trinajstić information content (AvgIpc) is 3.06. The van der Waals surface area contributed by atoms with Crippen LogP contribution in [0.2, 0.25) is 10.0 Å². The Bertz CT molecular complexity index is 1720. The minimum atomic E-state index is -1.10. The van der Waals surface area contributed by atoms with Crippen LogP contribution in [0.5, 0.6) is 5.75 Å². The van der Waals surface area contributed by atoms with Crippen LogP contribution in [0.15, 0.2) is 77.7 Å². The van der Waals surface area contributed by atoms with Gasteiger partial charge in [-0.05, 0) is 114 Å². The summed E-state index contributed by atoms with van der Waals surface area (Å²) >= 11 is 11.6. The van der Waals surface area contributed by atoms with Crippen molar-refractivity contribution in [2.75, 3.05) is 46.6 Å². The maximum Gasteiger partial charge on any atom is 0.254 e. The monoisotopic (exact) mass is 697 g/mol. The molecular weight excluding hydrogens is 661 g/mol. The molecule has 0 saturated carbocycles. The fourth-order valence-corrected chi connectivity index (χ4v) is 7.30. The summed E-state index contributed by atoms with van der Waals surface area (Å²) in [7, 11) is 3.44. The third kappa shape index (κ3) is 8.30. The SMILES string of the molecule is COc1cc(C2CCN(CCC(CN(C)C(=O)c3cc(C#N)cc4ccccc34)c3ccc(Cl)c(Cl)c3)CC2)ccc1[S+](C)[O-].Cl. The zero-order chi connectivity index (χ0) is 32.1. The highest BCUT2D eigenvalue weighted by Crippen LogP contribution is 2.35. The lowest BCUT2D eigenvalue weighted by Gasteiger charge is -2.34. The molecule has 4 aromatic rings. The number of nitriles is 1. The Hall–Kier alpha value is -2.96. The van der Waals surface area contributed by atoms with Crippen molar-refractivity contribution in [1.82, 2.24) is 9.80 Å². The molecule has 6 nitrogen and oxygen atoms in total. The second-order valence-electron chi connectivity index (χ2n) is 11.7. The number of methoxy groups -OCH3 is 1. The first-order valence-corrected chi connectivity index (χ1v) is 17.4. The summed E-state index contributed by atoms with van der Waals surface area (Å²) in [5, 5.41) is 12.3. The number of fused-ring (bicyclic) bond motifs is 1. The number of rotatable bonds is 10. The number of carbonyl (C=O) groups excluding carboxylic acids is 1. The Morgan fingerprint density at radius 1 is 1.09 bits per heavy atom. The second kappa shape index (κ2) is 16.2. The molecule has 1 aliphatic heterocycles. The Kier molecular flexibility index (Phi) is 12.7. The summed E-state index contributed by atoms with van der Waals surface area (Å²) in [4.78, 5) is 18.8. The lowest BCUT2D eigenvalue weighted by Crippen LogP contribution is -2.36. The van der Waals surface area contributed by atoms with Crippen LogP contribution in [-0.4, -0.2) is 66.9 Å². The third-order valence-corrected chi connectivity index (χ3v) is 10.5. The van der Waals surface area contributed by atoms with Gasteiger partial charge in [-0.25, -0.2) is 0 Å². The summed E-state index contributed by atoms with van der Waals surface area (Å²) < 4.78 is 17.6. The largest absolute Gasteiger partial charge is 0.612 e. The van der Waals surface area contributed by atoms with Crippen LogP contribution in [-0.2, 0) is 11.2 Å². The van der Waals surface area contributed by atoms with Gasteiger partial charge in [0.15, 0.2) is 10.6 Å². The standard InChI is InChI=1S/C36H37Cl2N3O3S.ClH/c1-40(36(42)31-19-24(22-39)18-28-6-4-5-7-30(28)31)23-29(26-8-10-32(37)33(38)20-26)14-17-41-15-12-25(13-16-41)27-9-11-35(45(3)43)34(21-27)44-2;/h4-11,18-21,25,29H,12-17,23H2,1-3H3;1H. The van der Waals surface area contributed by atoms with Gasteiger partial charge in [-0.1, -0.05) is 59.6 Å². The first-order valence-electron chi connectivity index (χ1n) is 15.1. The third-order valence-electron chi connectivity index (χ3n) is 8.83. The zero-order valence-electron chi connectivity index (χ0n) is 26.2. The topological polar surface area (TPSA) is 79.6 Å². The van der Waals surface area contributed by atoms with E-state index in [1.807, 2.05) is 67.7 Å². The quantitative estimate of drug-likeness (QED) is 0.156. The molecule has 0 bridgehead atoms. The number of piperidine rings is 1. The Balaban J connectivity index is 0.00000480. The molecule has 1 heterocycles. The zero-order valence-corrected chi connectivity index (χ0v) is 29.3. The molecule has 2 unspecified atom stereocenters. The summed E-state index contributed by atoms with van der Waals surface area (Å²) in [6.07, 6.45) is 4.55. The van der Waals surface area contributed by atoms with Crippen LogP contribution >= 0.6 is 35.6 Å². The van der Waals surface area contributed by atoms with Gasteiger partial charge in [-0.15, -0.1) is 12.4 Å². The number of nitrogens with zero attached hydrogens (tertiary/aromatic N) is 3. The fraction of sp³-hybridized carbons (Fsp3) is 0.333. The maximum absolute atomic E-state index is 13.8. The molecule has 0 spiro atoms. The molecule has 1 fully saturated rings. The van der Waals surface area contributed by atoms with Gasteiger partial charge < -0.3 is 19.1 Å². The van der Waals surface area contributed by atoms with E-state index in [1.54, 1.807) is 24.3 Å². The number of amides is 1. The predicted molar refractivity (Wildman–Crippen MR) is 190 cm³/mol. The molecular formula is C36H38Cl3N3O3S. The fourth-order valence-electron chi connectivity index (χ4n) is 6.30. The predicted octanol–water partition coefficient (Wildman–Crippen LogP) is 8.31. The van der Waals surface area contributed by atoms with E-state index < -0.39 is 11.2 Å². The number of ether oxygens (including phenoxy) is 1. The minimum Gasteiger partial charge on any atom is -0.612 e. The molecule has 46 heavy (non-hydrogen) atoms. The highest BCUT2D eigenvalue weighted by atomic mass is 35.5. The van der Waals surface area contributed by atoms with Crippen LogP contribution < -0.4 is 4.74 Å². The molecule has 0 aliphatic carbocycles. The van der Waals surface area contributed by atoms with Gasteiger partial charge in [0.2, 0.25) is 0 Å². The summed E-state index contributed by atoms with van der Waals surface area (Å²) in [6, 6.07) is 25.1. The van der Waals surface area contributed by atoms with Crippen LogP contribution in [0, 0.1) is 11.3 Å². The van der Waals surface area contributed by atoms with Crippen molar-refractivity contribution in [3.05, 3.63) is 105 Å². The van der Waals surface area contributed by atoms with Crippen LogP contribution in [0.3, 0.4) is 0 Å². The number of likely N-dealkylation sites (N-methyl/N-ethyl adjacent to an activating group) is 1. The van der Waals surface area contributed by atoms with Gasteiger partial charge in [0.05, 0.1) is 28.8 Å². The molecule has 2 atom stereocenters. The van der Waals surface area contributed by atoms with E-state index in [-0.39, 0.29) is 24.2 Å². The van der Waals surface area contributed by atoms with Crippen molar-refractivity contribution in [2.45, 2.75) is 36.0 Å². The molecule has 5 rings (SSSR count). The van der Waals surface area contributed by atoms with Gasteiger partial charge in [0.25, 0.3) is 5.91 Å². The van der Waals surface area contributed by atoms with E-state index in [0.717, 1.165) is 60.1 Å². The molecule has 1 amide bonds. The van der Waals surface area contributed by atoms with E-state index in [9.17, 15) is 14.6 Å². The molecule has 4 aromatic carbocycles. The molecule has 10 heteroatoms. The van der Waals surface area contributed by atoms with Crippen LogP contribution in [0.25, 0.3) is 10.8 Å². The van der Waals surface area contributed by atoms with Gasteiger partial charge in [0.1, 0.15) is 6.26 Å². The average molecular weight is 699 g/mol. The first-order chi connectivity index (χ1) is 21.7. The molecule has 0 radical (unpaired) electrons. The molecule has 1 saturated heterocycles. The summed E-state index contributed by atoms with van der Waals surface area (Å²) in [6.45, 7) is 3.29. The number of benzene rings is 4. The molecule has 1 aliphatic rings. The Morgan fingerprint density at radius 3 is 2.50 bits per heavy atom. The van der Waals surface area contributed by atoms with Crippen LogP contribution in [0.4, 0.5) is 0 Å². The molecule has 0 aromatic heterocycles. The van der Waals surface area contributed by atoms with Gasteiger partial charge in [0, 0.05) is 25.1 Å². The Labute approximate surface area is 290 Å². The normalized spacial score (nSPS) is 15.1. The van der Waals surface area contributed by atoms with E-state index >= 15 is 0 Å². The van der Waals surface area contributed by atoms with Gasteiger partial charge in [-0.3, -0.25) is 4.79 Å². The van der Waals surface area contributed by atoms with Gasteiger partial charge >= 0.3 is 0 Å². The lowest BCUT2D eigenvalue weighted by molar-refractivity contribution is 0.0783. The van der Waals surface area contributed by atoms with Crippen molar-refractivity contribution in [3.8, 4) is 11.8 Å². The number of likely N-dealkylation sites (tertiary alicyclic amines) is 1. The highest BCUT2D eigenvalue weighted by Gasteiger charge is 2.26. The lowest BCUT2D eigenvalue weighted by atomic mass is 9.88. The summed E-state index contributed by atoms with van der Waals surface area (Å²) in [5.74, 6) is 1.01. The molecule has 242 valence electrons. The Morgan fingerprint density at radius 2 is 1.83 bits per heavy atom. The van der Waals surface area contributed by atoms with E-state index in [1.165, 1.54) is 5.56 Å². The first kappa shape index (κ1) is 35.9. The summed E-state index contributed by atoms with van der Waals surface area (Å²) in [5.41, 5.74) is 3.25. The van der Waals surface area contributed by atoms with Crippen molar-refractivity contribution >= 4 is 63.5 Å². The van der Waals surface area contributed by atoms with Crippen molar-refractivity contribution in [3.63, 3.8) is 0 Å². The number of hydrogen-bond acceptors (Lipinski definition) is 5. The van der Waals surface area contributed by atoms with Crippen molar-refractivity contribution < 1.29 is 14.1 Å². The van der Waals surface area contributed by atoms with E-state index in [2.05, 4.69) is 17.0 Å². The number of carbonyl (C=O) groups is 1. The van der Waals surface area contributed by atoms with Crippen molar-refractivity contribution in [2.24, 2.45) is 0 Å². The van der Waals surface area contributed by atoms with Gasteiger partial charge in [-0.2, -0.15) is 5.26 Å². The smallest absolute Gasteiger partial charge is 0.254 e. The van der Waals surface area contributed by atoms with E-state index in [4.69, 9.17) is 27.9 Å². The molecule has 0 N–H and O–H groups in total.